The van der Waals surface area contributed by atoms with Gasteiger partial charge in [0.2, 0.25) is 0 Å². The van der Waals surface area contributed by atoms with E-state index < -0.39 is 0 Å². The van der Waals surface area contributed by atoms with Crippen LogP contribution in [0.2, 0.25) is 0 Å². The molecule has 0 aliphatic rings. The Hall–Kier alpha value is -0.940. The summed E-state index contributed by atoms with van der Waals surface area (Å²) in [6.07, 6.45) is 0. The van der Waals surface area contributed by atoms with Gasteiger partial charge in [0, 0.05) is 4.90 Å². The van der Waals surface area contributed by atoms with Crippen LogP contribution in [0.1, 0.15) is 37.5 Å². The van der Waals surface area contributed by atoms with E-state index in [4.69, 9.17) is 5.26 Å². The lowest BCUT2D eigenvalue weighted by Crippen LogP contribution is -2.12. The first-order chi connectivity index (χ1) is 7.36. The zero-order valence-electron chi connectivity index (χ0n) is 10.7. The van der Waals surface area contributed by atoms with Crippen molar-refractivity contribution in [2.75, 3.05) is 5.75 Å². The Balaban J connectivity index is 3.14. The van der Waals surface area contributed by atoms with Crippen molar-refractivity contribution in [3.8, 4) is 6.07 Å². The van der Waals surface area contributed by atoms with Crippen molar-refractivity contribution in [3.05, 3.63) is 28.8 Å². The van der Waals surface area contributed by atoms with Gasteiger partial charge >= 0.3 is 0 Å². The number of nitriles is 1. The topological polar surface area (TPSA) is 23.8 Å². The second kappa shape index (κ2) is 4.93. The number of rotatable bonds is 2. The van der Waals surface area contributed by atoms with Crippen molar-refractivity contribution >= 4 is 11.8 Å². The van der Waals surface area contributed by atoms with Crippen LogP contribution in [-0.4, -0.2) is 5.75 Å². The molecule has 0 atom stereocenters. The molecule has 0 aliphatic heterocycles. The quantitative estimate of drug-likeness (QED) is 0.714. The maximum absolute atomic E-state index is 8.62. The van der Waals surface area contributed by atoms with E-state index in [1.165, 1.54) is 21.6 Å². The molecule has 0 saturated carbocycles. The van der Waals surface area contributed by atoms with E-state index in [1.807, 2.05) is 0 Å². The Kier molecular flexibility index (Phi) is 4.04. The molecule has 0 fully saturated rings. The van der Waals surface area contributed by atoms with Crippen LogP contribution in [0.3, 0.4) is 0 Å². The van der Waals surface area contributed by atoms with Crippen molar-refractivity contribution < 1.29 is 0 Å². The highest BCUT2D eigenvalue weighted by Crippen LogP contribution is 2.31. The van der Waals surface area contributed by atoms with Crippen molar-refractivity contribution in [1.82, 2.24) is 0 Å². The standard InChI is InChI=1S/C14H19NS/c1-10-8-12(14(3,4)5)9-11(2)13(10)16-7-6-15/h8-9H,7H2,1-5H3. The molecular weight excluding hydrogens is 214 g/mol. The minimum atomic E-state index is 0.188. The van der Waals surface area contributed by atoms with Crippen LogP contribution >= 0.6 is 11.8 Å². The lowest BCUT2D eigenvalue weighted by atomic mass is 9.85. The summed E-state index contributed by atoms with van der Waals surface area (Å²) in [6, 6.07) is 6.66. The van der Waals surface area contributed by atoms with E-state index in [0.29, 0.717) is 5.75 Å². The van der Waals surface area contributed by atoms with E-state index in [1.54, 1.807) is 11.8 Å². The molecular formula is C14H19NS. The molecule has 16 heavy (non-hydrogen) atoms. The molecule has 0 heterocycles. The SMILES string of the molecule is Cc1cc(C(C)(C)C)cc(C)c1SCC#N. The first kappa shape index (κ1) is 13.1. The lowest BCUT2D eigenvalue weighted by molar-refractivity contribution is 0.588. The van der Waals surface area contributed by atoms with Crippen LogP contribution in [0.5, 0.6) is 0 Å². The van der Waals surface area contributed by atoms with Gasteiger partial charge in [0.15, 0.2) is 0 Å². The predicted octanol–water partition coefficient (Wildman–Crippen LogP) is 4.22. The number of thioether (sulfide) groups is 1. The molecule has 1 rings (SSSR count). The molecule has 0 spiro atoms. The predicted molar refractivity (Wildman–Crippen MR) is 71.0 cm³/mol. The van der Waals surface area contributed by atoms with E-state index in [-0.39, 0.29) is 5.41 Å². The summed E-state index contributed by atoms with van der Waals surface area (Å²) in [5, 5.41) is 8.62. The smallest absolute Gasteiger partial charge is 0.0855 e. The first-order valence-electron chi connectivity index (χ1n) is 5.47. The second-order valence-corrected chi connectivity index (χ2v) is 6.12. The highest BCUT2D eigenvalue weighted by Gasteiger charge is 2.16. The van der Waals surface area contributed by atoms with Gasteiger partial charge in [-0.25, -0.2) is 0 Å². The fourth-order valence-corrected chi connectivity index (χ4v) is 2.50. The number of nitrogens with zero attached hydrogens (tertiary/aromatic N) is 1. The molecule has 2 heteroatoms. The summed E-state index contributed by atoms with van der Waals surface area (Å²) in [6.45, 7) is 10.9. The van der Waals surface area contributed by atoms with Crippen LogP contribution in [0.25, 0.3) is 0 Å². The summed E-state index contributed by atoms with van der Waals surface area (Å²) in [7, 11) is 0. The molecule has 0 radical (unpaired) electrons. The number of benzene rings is 1. The zero-order valence-corrected chi connectivity index (χ0v) is 11.5. The van der Waals surface area contributed by atoms with Gasteiger partial charge < -0.3 is 0 Å². The largest absolute Gasteiger partial charge is 0.197 e. The third-order valence-electron chi connectivity index (χ3n) is 2.61. The number of hydrogen-bond donors (Lipinski definition) is 0. The molecule has 0 amide bonds. The van der Waals surface area contributed by atoms with Crippen LogP contribution < -0.4 is 0 Å². The summed E-state index contributed by atoms with van der Waals surface area (Å²) in [4.78, 5) is 1.26. The van der Waals surface area contributed by atoms with Crippen molar-refractivity contribution in [1.29, 1.82) is 5.26 Å². The fraction of sp³-hybridized carbons (Fsp3) is 0.500. The van der Waals surface area contributed by atoms with E-state index >= 15 is 0 Å². The van der Waals surface area contributed by atoms with Crippen molar-refractivity contribution in [3.63, 3.8) is 0 Å². The van der Waals surface area contributed by atoms with Crippen molar-refractivity contribution in [2.45, 2.75) is 44.9 Å². The van der Waals surface area contributed by atoms with Gasteiger partial charge in [-0.1, -0.05) is 32.9 Å². The average molecular weight is 233 g/mol. The van der Waals surface area contributed by atoms with E-state index in [0.717, 1.165) is 0 Å². The maximum Gasteiger partial charge on any atom is 0.0855 e. The minimum absolute atomic E-state index is 0.188. The van der Waals surface area contributed by atoms with E-state index in [9.17, 15) is 0 Å². The van der Waals surface area contributed by atoms with Gasteiger partial charge in [-0.2, -0.15) is 5.26 Å². The third-order valence-corrected chi connectivity index (χ3v) is 3.81. The Morgan fingerprint density at radius 2 is 1.69 bits per heavy atom. The van der Waals surface area contributed by atoms with Gasteiger partial charge in [-0.3, -0.25) is 0 Å². The first-order valence-corrected chi connectivity index (χ1v) is 6.46. The van der Waals surface area contributed by atoms with Gasteiger partial charge in [0.1, 0.15) is 0 Å². The monoisotopic (exact) mass is 233 g/mol. The molecule has 86 valence electrons. The van der Waals surface area contributed by atoms with Gasteiger partial charge in [-0.15, -0.1) is 11.8 Å². The van der Waals surface area contributed by atoms with Crippen molar-refractivity contribution in [2.24, 2.45) is 0 Å². The third kappa shape index (κ3) is 3.02. The second-order valence-electron chi connectivity index (χ2n) is 5.14. The molecule has 0 aliphatic carbocycles. The molecule has 1 aromatic rings. The zero-order chi connectivity index (χ0) is 12.3. The summed E-state index contributed by atoms with van der Waals surface area (Å²) in [5.41, 5.74) is 4.12. The molecule has 0 saturated heterocycles. The fourth-order valence-electron chi connectivity index (χ4n) is 1.72. The molecule has 0 bridgehead atoms. The highest BCUT2D eigenvalue weighted by molar-refractivity contribution is 7.99. The van der Waals surface area contributed by atoms with Gasteiger partial charge in [0.25, 0.3) is 0 Å². The average Bonchev–Trinajstić information content (AvgIpc) is 2.15. The Bertz CT molecular complexity index is 398. The maximum atomic E-state index is 8.62. The Morgan fingerprint density at radius 3 is 2.06 bits per heavy atom. The Labute approximate surface area is 103 Å². The summed E-state index contributed by atoms with van der Waals surface area (Å²) >= 11 is 1.63. The van der Waals surface area contributed by atoms with Crippen LogP contribution in [0.4, 0.5) is 0 Å². The molecule has 0 N–H and O–H groups in total. The molecule has 1 nitrogen and oxygen atoms in total. The van der Waals surface area contributed by atoms with E-state index in [2.05, 4.69) is 52.8 Å². The number of aryl methyl sites for hydroxylation is 2. The summed E-state index contributed by atoms with van der Waals surface area (Å²) in [5.74, 6) is 0.524. The minimum Gasteiger partial charge on any atom is -0.197 e. The van der Waals surface area contributed by atoms with Crippen LogP contribution in [0.15, 0.2) is 17.0 Å². The lowest BCUT2D eigenvalue weighted by Gasteiger charge is -2.22. The summed E-state index contributed by atoms with van der Waals surface area (Å²) < 4.78 is 0. The van der Waals surface area contributed by atoms with Crippen LogP contribution in [0, 0.1) is 25.2 Å². The molecule has 0 unspecified atom stereocenters. The molecule has 0 aromatic heterocycles. The normalized spacial score (nSPS) is 11.2. The van der Waals surface area contributed by atoms with Crippen LogP contribution in [-0.2, 0) is 5.41 Å². The highest BCUT2D eigenvalue weighted by atomic mass is 32.2. The molecule has 1 aromatic carbocycles. The van der Waals surface area contributed by atoms with Gasteiger partial charge in [-0.05, 0) is 36.0 Å². The number of hydrogen-bond acceptors (Lipinski definition) is 2. The Morgan fingerprint density at radius 1 is 1.19 bits per heavy atom. The van der Waals surface area contributed by atoms with Gasteiger partial charge in [0.05, 0.1) is 11.8 Å².